The Hall–Kier alpha value is -0.790. The van der Waals surface area contributed by atoms with E-state index in [2.05, 4.69) is 0 Å². The van der Waals surface area contributed by atoms with Crippen LogP contribution in [0.1, 0.15) is 6.92 Å². The Morgan fingerprint density at radius 3 is 2.33 bits per heavy atom. The van der Waals surface area contributed by atoms with Crippen molar-refractivity contribution in [1.29, 1.82) is 0 Å². The van der Waals surface area contributed by atoms with Crippen LogP contribution in [0, 0.1) is 0 Å². The standard InChI is InChI=1S/C4H7NO/c1-2-4(5)3-6/h2-3H,5H2,1H3/b4-2-. The molecule has 2 nitrogen and oxygen atoms in total. The maximum absolute atomic E-state index is 9.54. The van der Waals surface area contributed by atoms with Crippen molar-refractivity contribution in [3.05, 3.63) is 11.8 Å². The van der Waals surface area contributed by atoms with E-state index in [1.54, 1.807) is 13.0 Å². The van der Waals surface area contributed by atoms with Gasteiger partial charge in [-0.2, -0.15) is 0 Å². The number of allylic oxidation sites excluding steroid dienone is 2. The minimum Gasteiger partial charge on any atom is -0.396 e. The summed E-state index contributed by atoms with van der Waals surface area (Å²) in [5.41, 5.74) is 5.25. The lowest BCUT2D eigenvalue weighted by atomic mass is 10.5. The van der Waals surface area contributed by atoms with Crippen LogP contribution in [0.15, 0.2) is 11.8 Å². The molecule has 0 fully saturated rings. The molecular formula is C4H7NO. The lowest BCUT2D eigenvalue weighted by molar-refractivity contribution is -0.104. The van der Waals surface area contributed by atoms with Gasteiger partial charge in [-0.3, -0.25) is 4.79 Å². The minimum absolute atomic E-state index is 0.287. The predicted molar refractivity (Wildman–Crippen MR) is 24.0 cm³/mol. The summed E-state index contributed by atoms with van der Waals surface area (Å²) in [5.74, 6) is 0. The highest BCUT2D eigenvalue weighted by Gasteiger charge is 1.72. The fourth-order valence-electron chi connectivity index (χ4n) is 0.0680. The second-order valence-corrected chi connectivity index (χ2v) is 0.907. The first kappa shape index (κ1) is 5.21. The number of aldehydes is 1. The summed E-state index contributed by atoms with van der Waals surface area (Å²) < 4.78 is 0. The highest BCUT2D eigenvalue weighted by molar-refractivity contribution is 5.71. The summed E-state index contributed by atoms with van der Waals surface area (Å²) in [4.78, 5) is 9.54. The monoisotopic (exact) mass is 85.1 g/mol. The Kier molecular flexibility index (Phi) is 2.13. The van der Waals surface area contributed by atoms with E-state index in [4.69, 9.17) is 5.73 Å². The molecule has 0 aromatic heterocycles. The van der Waals surface area contributed by atoms with Crippen LogP contribution < -0.4 is 5.73 Å². The zero-order valence-corrected chi connectivity index (χ0v) is 3.64. The maximum Gasteiger partial charge on any atom is 0.165 e. The van der Waals surface area contributed by atoms with Crippen LogP contribution in [-0.2, 0) is 4.79 Å². The topological polar surface area (TPSA) is 43.1 Å². The van der Waals surface area contributed by atoms with Gasteiger partial charge in [-0.1, -0.05) is 6.08 Å². The summed E-state index contributed by atoms with van der Waals surface area (Å²) in [6.07, 6.45) is 2.16. The minimum atomic E-state index is 0.287. The molecule has 0 aliphatic carbocycles. The normalized spacial score (nSPS) is 11.2. The van der Waals surface area contributed by atoms with Crippen LogP contribution in [0.3, 0.4) is 0 Å². The molecule has 0 spiro atoms. The largest absolute Gasteiger partial charge is 0.396 e. The molecule has 0 atom stereocenters. The first-order chi connectivity index (χ1) is 2.81. The second-order valence-electron chi connectivity index (χ2n) is 0.907. The summed E-state index contributed by atoms with van der Waals surface area (Å²) in [7, 11) is 0. The third kappa shape index (κ3) is 1.52. The number of hydrogen-bond donors (Lipinski definition) is 1. The first-order valence-corrected chi connectivity index (χ1v) is 1.68. The smallest absolute Gasteiger partial charge is 0.165 e. The van der Waals surface area contributed by atoms with Gasteiger partial charge in [-0.05, 0) is 6.92 Å². The molecule has 0 heterocycles. The number of hydrogen-bond acceptors (Lipinski definition) is 2. The van der Waals surface area contributed by atoms with Gasteiger partial charge in [0.25, 0.3) is 0 Å². The van der Waals surface area contributed by atoms with Gasteiger partial charge < -0.3 is 5.73 Å². The van der Waals surface area contributed by atoms with E-state index in [0.717, 1.165) is 0 Å². The van der Waals surface area contributed by atoms with Crippen LogP contribution >= 0.6 is 0 Å². The summed E-state index contributed by atoms with van der Waals surface area (Å²) in [6.45, 7) is 1.71. The molecule has 0 saturated carbocycles. The van der Waals surface area contributed by atoms with Gasteiger partial charge >= 0.3 is 0 Å². The molecule has 0 aromatic rings. The van der Waals surface area contributed by atoms with Crippen molar-refractivity contribution >= 4 is 6.29 Å². The lowest BCUT2D eigenvalue weighted by Crippen LogP contribution is -1.95. The zero-order valence-electron chi connectivity index (χ0n) is 3.64. The van der Waals surface area contributed by atoms with Gasteiger partial charge in [-0.25, -0.2) is 0 Å². The van der Waals surface area contributed by atoms with E-state index in [9.17, 15) is 4.79 Å². The van der Waals surface area contributed by atoms with Crippen molar-refractivity contribution in [3.8, 4) is 0 Å². The molecule has 0 unspecified atom stereocenters. The molecule has 0 saturated heterocycles. The average molecular weight is 85.1 g/mol. The zero-order chi connectivity index (χ0) is 4.99. The van der Waals surface area contributed by atoms with Crippen molar-refractivity contribution in [2.75, 3.05) is 0 Å². The molecule has 2 heteroatoms. The molecule has 0 radical (unpaired) electrons. The third-order valence-corrected chi connectivity index (χ3v) is 0.469. The van der Waals surface area contributed by atoms with Crippen molar-refractivity contribution < 1.29 is 4.79 Å². The van der Waals surface area contributed by atoms with E-state index in [-0.39, 0.29) is 5.70 Å². The molecule has 0 aliphatic rings. The Morgan fingerprint density at radius 2 is 2.33 bits per heavy atom. The molecule has 0 aliphatic heterocycles. The van der Waals surface area contributed by atoms with Gasteiger partial charge in [0.1, 0.15) is 0 Å². The number of carbonyl (C=O) groups excluding carboxylic acids is 1. The second kappa shape index (κ2) is 2.45. The van der Waals surface area contributed by atoms with Gasteiger partial charge in [-0.15, -0.1) is 0 Å². The van der Waals surface area contributed by atoms with E-state index in [1.165, 1.54) is 0 Å². The van der Waals surface area contributed by atoms with Crippen LogP contribution in [-0.4, -0.2) is 6.29 Å². The fourth-order valence-corrected chi connectivity index (χ4v) is 0.0680. The lowest BCUT2D eigenvalue weighted by Gasteiger charge is -1.75. The van der Waals surface area contributed by atoms with Gasteiger partial charge in [0.05, 0.1) is 5.70 Å². The highest BCUT2D eigenvalue weighted by atomic mass is 16.1. The number of carbonyl (C=O) groups is 1. The molecule has 0 amide bonds. The fraction of sp³-hybridized carbons (Fsp3) is 0.250. The molecule has 0 bridgehead atoms. The quantitative estimate of drug-likeness (QED) is 0.361. The number of rotatable bonds is 1. The Morgan fingerprint density at radius 1 is 1.83 bits per heavy atom. The van der Waals surface area contributed by atoms with Crippen LogP contribution in [0.4, 0.5) is 0 Å². The van der Waals surface area contributed by atoms with Crippen molar-refractivity contribution in [1.82, 2.24) is 0 Å². The van der Waals surface area contributed by atoms with Crippen molar-refractivity contribution in [3.63, 3.8) is 0 Å². The van der Waals surface area contributed by atoms with Gasteiger partial charge in [0.15, 0.2) is 6.29 Å². The predicted octanol–water partition coefficient (Wildman–Crippen LogP) is 0.0478. The summed E-state index contributed by atoms with van der Waals surface area (Å²) >= 11 is 0. The molecule has 6 heavy (non-hydrogen) atoms. The van der Waals surface area contributed by atoms with Crippen molar-refractivity contribution in [2.24, 2.45) is 5.73 Å². The van der Waals surface area contributed by atoms with Crippen LogP contribution in [0.2, 0.25) is 0 Å². The summed E-state index contributed by atoms with van der Waals surface area (Å²) in [6, 6.07) is 0. The molecule has 34 valence electrons. The van der Waals surface area contributed by atoms with E-state index < -0.39 is 0 Å². The Balaban J connectivity index is 3.50. The molecule has 0 aromatic carbocycles. The molecule has 0 rings (SSSR count). The van der Waals surface area contributed by atoms with E-state index in [0.29, 0.717) is 6.29 Å². The Bertz CT molecular complexity index is 75.6. The first-order valence-electron chi connectivity index (χ1n) is 1.68. The van der Waals surface area contributed by atoms with E-state index >= 15 is 0 Å². The maximum atomic E-state index is 9.54. The molecular weight excluding hydrogens is 78.0 g/mol. The van der Waals surface area contributed by atoms with Gasteiger partial charge in [0.2, 0.25) is 0 Å². The Labute approximate surface area is 36.6 Å². The molecule has 2 N–H and O–H groups in total. The SMILES string of the molecule is C/C=C(\N)C=O. The van der Waals surface area contributed by atoms with E-state index in [1.807, 2.05) is 0 Å². The number of nitrogens with two attached hydrogens (primary N) is 1. The van der Waals surface area contributed by atoms with Gasteiger partial charge in [0, 0.05) is 0 Å². The average Bonchev–Trinajstić information content (AvgIpc) is 1.65. The summed E-state index contributed by atoms with van der Waals surface area (Å²) in [5, 5.41) is 0. The highest BCUT2D eigenvalue weighted by Crippen LogP contribution is 1.69. The third-order valence-electron chi connectivity index (χ3n) is 0.469. The van der Waals surface area contributed by atoms with Crippen LogP contribution in [0.5, 0.6) is 0 Å². The van der Waals surface area contributed by atoms with Crippen molar-refractivity contribution in [2.45, 2.75) is 6.92 Å². The van der Waals surface area contributed by atoms with Crippen LogP contribution in [0.25, 0.3) is 0 Å².